The minimum absolute atomic E-state index is 0.119. The number of carbonyl (C=O) groups is 2. The van der Waals surface area contributed by atoms with Crippen molar-refractivity contribution < 1.29 is 22.9 Å². The number of hydrogen-bond donors (Lipinski definition) is 3. The first kappa shape index (κ1) is 18.5. The third kappa shape index (κ3) is 5.64. The first-order valence-corrected chi connectivity index (χ1v) is 7.96. The van der Waals surface area contributed by atoms with E-state index in [0.29, 0.717) is 0 Å². The number of rotatable bonds is 6. The van der Waals surface area contributed by atoms with Gasteiger partial charge in [-0.15, -0.1) is 4.83 Å². The van der Waals surface area contributed by atoms with Crippen molar-refractivity contribution >= 4 is 27.5 Å². The molecule has 1 aromatic rings. The van der Waals surface area contributed by atoms with Crippen molar-refractivity contribution in [3.8, 4) is 0 Å². The van der Waals surface area contributed by atoms with Crippen LogP contribution in [0.2, 0.25) is 0 Å². The molecule has 0 saturated heterocycles. The Morgan fingerprint density at radius 1 is 1.26 bits per heavy atom. The second-order valence-electron chi connectivity index (χ2n) is 4.92. The van der Waals surface area contributed by atoms with Crippen LogP contribution >= 0.6 is 0 Å². The molecule has 3 N–H and O–H groups in total. The molecule has 0 radical (unpaired) electrons. The molecule has 11 heteroatoms. The lowest BCUT2D eigenvalue weighted by molar-refractivity contribution is -0.385. The standard InChI is InChI=1S/C12H16N4O6S/c1-8(2)7-13-11(17)12(18)14-15-23(21,22)10-5-3-4-9(6-10)16(19)20/h3-6,8,15H,7H2,1-2H3,(H,13,17)(H,14,18). The smallest absolute Gasteiger partial charge is 0.324 e. The summed E-state index contributed by atoms with van der Waals surface area (Å²) in [6.45, 7) is 3.90. The molecule has 0 aliphatic heterocycles. The van der Waals surface area contributed by atoms with E-state index in [2.05, 4.69) is 5.32 Å². The highest BCUT2D eigenvalue weighted by atomic mass is 32.2. The zero-order valence-corrected chi connectivity index (χ0v) is 13.2. The average Bonchev–Trinajstić information content (AvgIpc) is 2.50. The van der Waals surface area contributed by atoms with Gasteiger partial charge in [0, 0.05) is 18.7 Å². The molecule has 0 aliphatic carbocycles. The largest absolute Gasteiger partial charge is 0.348 e. The zero-order chi connectivity index (χ0) is 17.6. The van der Waals surface area contributed by atoms with Gasteiger partial charge in [-0.3, -0.25) is 25.1 Å². The van der Waals surface area contributed by atoms with Crippen molar-refractivity contribution in [3.05, 3.63) is 34.4 Å². The third-order valence-electron chi connectivity index (χ3n) is 2.51. The van der Waals surface area contributed by atoms with E-state index < -0.39 is 37.3 Å². The van der Waals surface area contributed by atoms with Crippen molar-refractivity contribution in [1.82, 2.24) is 15.6 Å². The zero-order valence-electron chi connectivity index (χ0n) is 12.4. The monoisotopic (exact) mass is 344 g/mol. The minimum Gasteiger partial charge on any atom is -0.348 e. The highest BCUT2D eigenvalue weighted by Crippen LogP contribution is 2.16. The fourth-order valence-corrected chi connectivity index (χ4v) is 2.25. The number of non-ortho nitro benzene ring substituents is 1. The van der Waals surface area contributed by atoms with Crippen LogP contribution in [-0.2, 0) is 19.6 Å². The number of benzene rings is 1. The lowest BCUT2D eigenvalue weighted by atomic mass is 10.2. The SMILES string of the molecule is CC(C)CNC(=O)C(=O)NNS(=O)(=O)c1cccc([N+](=O)[O-])c1. The van der Waals surface area contributed by atoms with Gasteiger partial charge in [0.25, 0.3) is 15.7 Å². The van der Waals surface area contributed by atoms with E-state index in [0.717, 1.165) is 18.2 Å². The molecule has 0 aromatic heterocycles. The highest BCUT2D eigenvalue weighted by molar-refractivity contribution is 7.89. The first-order valence-electron chi connectivity index (χ1n) is 6.48. The molecule has 126 valence electrons. The van der Waals surface area contributed by atoms with Crippen LogP contribution in [0.3, 0.4) is 0 Å². The number of nitrogens with zero attached hydrogens (tertiary/aromatic N) is 1. The van der Waals surface area contributed by atoms with Crippen LogP contribution in [0.25, 0.3) is 0 Å². The van der Waals surface area contributed by atoms with Crippen molar-refractivity contribution in [2.24, 2.45) is 5.92 Å². The molecule has 0 fully saturated rings. The molecule has 0 atom stereocenters. The van der Waals surface area contributed by atoms with Crippen LogP contribution < -0.4 is 15.6 Å². The summed E-state index contributed by atoms with van der Waals surface area (Å²) in [7, 11) is -4.24. The summed E-state index contributed by atoms with van der Waals surface area (Å²) >= 11 is 0. The van der Waals surface area contributed by atoms with Crippen molar-refractivity contribution in [2.45, 2.75) is 18.7 Å². The summed E-state index contributed by atoms with van der Waals surface area (Å²) in [5.74, 6) is -2.08. The van der Waals surface area contributed by atoms with Gasteiger partial charge in [0.2, 0.25) is 0 Å². The fraction of sp³-hybridized carbons (Fsp3) is 0.333. The number of hydrogen-bond acceptors (Lipinski definition) is 6. The highest BCUT2D eigenvalue weighted by Gasteiger charge is 2.20. The van der Waals surface area contributed by atoms with Crippen LogP contribution in [0.4, 0.5) is 5.69 Å². The Labute approximate surface area is 132 Å². The maximum Gasteiger partial charge on any atom is 0.324 e. The fourth-order valence-electron chi connectivity index (χ4n) is 1.37. The first-order chi connectivity index (χ1) is 10.6. The van der Waals surface area contributed by atoms with E-state index in [1.807, 2.05) is 13.8 Å². The summed E-state index contributed by atoms with van der Waals surface area (Å²) in [5.41, 5.74) is 1.31. The predicted molar refractivity (Wildman–Crippen MR) is 79.4 cm³/mol. The van der Waals surface area contributed by atoms with E-state index in [1.54, 1.807) is 10.3 Å². The van der Waals surface area contributed by atoms with Crippen molar-refractivity contribution in [1.29, 1.82) is 0 Å². The van der Waals surface area contributed by atoms with Gasteiger partial charge in [-0.25, -0.2) is 8.42 Å². The molecule has 0 unspecified atom stereocenters. The Morgan fingerprint density at radius 3 is 2.48 bits per heavy atom. The molecular weight excluding hydrogens is 328 g/mol. The maximum atomic E-state index is 11.9. The Bertz CT molecular complexity index is 716. The molecule has 0 saturated carbocycles. The van der Waals surface area contributed by atoms with Gasteiger partial charge in [0.15, 0.2) is 0 Å². The summed E-state index contributed by atoms with van der Waals surface area (Å²) in [6, 6.07) is 4.24. The molecular formula is C12H16N4O6S. The average molecular weight is 344 g/mol. The molecule has 0 spiro atoms. The molecule has 10 nitrogen and oxygen atoms in total. The van der Waals surface area contributed by atoms with Crippen molar-refractivity contribution in [2.75, 3.05) is 6.54 Å². The summed E-state index contributed by atoms with van der Waals surface area (Å²) in [4.78, 5) is 34.0. The van der Waals surface area contributed by atoms with Crippen LogP contribution in [0.5, 0.6) is 0 Å². The second kappa shape index (κ2) is 7.65. The minimum atomic E-state index is -4.24. The third-order valence-corrected chi connectivity index (χ3v) is 3.76. The Kier molecular flexibility index (Phi) is 6.16. The van der Waals surface area contributed by atoms with E-state index >= 15 is 0 Å². The quantitative estimate of drug-likeness (QED) is 0.366. The van der Waals surface area contributed by atoms with Crippen LogP contribution in [0.1, 0.15) is 13.8 Å². The number of carbonyl (C=O) groups excluding carboxylic acids is 2. The van der Waals surface area contributed by atoms with E-state index in [4.69, 9.17) is 0 Å². The lowest BCUT2D eigenvalue weighted by Gasteiger charge is -2.09. The summed E-state index contributed by atoms with van der Waals surface area (Å²) in [6.07, 6.45) is 0. The Morgan fingerprint density at radius 2 is 1.91 bits per heavy atom. The van der Waals surface area contributed by atoms with Gasteiger partial charge in [-0.05, 0) is 12.0 Å². The predicted octanol–water partition coefficient (Wildman–Crippen LogP) is -0.323. The van der Waals surface area contributed by atoms with E-state index in [1.165, 1.54) is 6.07 Å². The number of amides is 2. The molecule has 0 bridgehead atoms. The maximum absolute atomic E-state index is 11.9. The topological polar surface area (TPSA) is 148 Å². The molecule has 0 heterocycles. The molecule has 2 amide bonds. The second-order valence-corrected chi connectivity index (χ2v) is 6.60. The number of sulfonamides is 1. The van der Waals surface area contributed by atoms with Gasteiger partial charge in [0.05, 0.1) is 9.82 Å². The number of nitrogens with one attached hydrogen (secondary N) is 3. The van der Waals surface area contributed by atoms with E-state index in [-0.39, 0.29) is 12.5 Å². The Hall–Kier alpha value is -2.53. The molecule has 1 rings (SSSR count). The number of hydrazine groups is 1. The van der Waals surface area contributed by atoms with Gasteiger partial charge < -0.3 is 5.32 Å². The van der Waals surface area contributed by atoms with Crippen LogP contribution in [0.15, 0.2) is 29.2 Å². The van der Waals surface area contributed by atoms with Crippen LogP contribution in [0, 0.1) is 16.0 Å². The number of nitro groups is 1. The lowest BCUT2D eigenvalue weighted by Crippen LogP contribution is -2.48. The Balaban J connectivity index is 2.72. The normalized spacial score (nSPS) is 11.1. The molecule has 23 heavy (non-hydrogen) atoms. The number of nitro benzene ring substituents is 1. The summed E-state index contributed by atoms with van der Waals surface area (Å²) in [5, 5.41) is 12.9. The van der Waals surface area contributed by atoms with Crippen LogP contribution in [-0.4, -0.2) is 31.7 Å². The summed E-state index contributed by atoms with van der Waals surface area (Å²) < 4.78 is 23.8. The van der Waals surface area contributed by atoms with Crippen molar-refractivity contribution in [3.63, 3.8) is 0 Å². The van der Waals surface area contributed by atoms with E-state index in [9.17, 15) is 28.1 Å². The molecule has 0 aliphatic rings. The van der Waals surface area contributed by atoms with Gasteiger partial charge in [-0.2, -0.15) is 0 Å². The molecule has 1 aromatic carbocycles. The van der Waals surface area contributed by atoms with Gasteiger partial charge >= 0.3 is 11.8 Å². The van der Waals surface area contributed by atoms with Gasteiger partial charge in [-0.1, -0.05) is 19.9 Å². The van der Waals surface area contributed by atoms with Gasteiger partial charge in [0.1, 0.15) is 0 Å².